The quantitative estimate of drug-likeness (QED) is 0.761. The molecule has 3 rings (SSSR count). The van der Waals surface area contributed by atoms with Crippen LogP contribution in [0.3, 0.4) is 0 Å². The van der Waals surface area contributed by atoms with Crippen LogP contribution in [0.4, 0.5) is 13.2 Å². The number of benzene rings is 1. The molecule has 1 aliphatic heterocycles. The number of hydrogen-bond acceptors (Lipinski definition) is 4. The number of sulfonamides is 1. The van der Waals surface area contributed by atoms with Crippen molar-refractivity contribution in [1.29, 1.82) is 0 Å². The van der Waals surface area contributed by atoms with E-state index in [1.807, 2.05) is 0 Å². The second kappa shape index (κ2) is 8.17. The first-order valence-electron chi connectivity index (χ1n) is 8.83. The van der Waals surface area contributed by atoms with Gasteiger partial charge in [-0.3, -0.25) is 4.79 Å². The fourth-order valence-electron chi connectivity index (χ4n) is 2.93. The van der Waals surface area contributed by atoms with Crippen LogP contribution < -0.4 is 5.32 Å². The lowest BCUT2D eigenvalue weighted by molar-refractivity contribution is -0.137. The van der Waals surface area contributed by atoms with Crippen molar-refractivity contribution in [1.82, 2.24) is 14.6 Å². The minimum absolute atomic E-state index is 0.00402. The number of rotatable bonds is 5. The van der Waals surface area contributed by atoms with E-state index in [-0.39, 0.29) is 29.2 Å². The van der Waals surface area contributed by atoms with Gasteiger partial charge in [0.2, 0.25) is 10.0 Å². The molecule has 1 aromatic carbocycles. The second-order valence-corrected chi connectivity index (χ2v) is 8.52. The molecule has 1 aliphatic rings. The molecule has 0 saturated carbocycles. The van der Waals surface area contributed by atoms with Gasteiger partial charge in [-0.25, -0.2) is 8.42 Å². The Labute approximate surface area is 165 Å². The van der Waals surface area contributed by atoms with Crippen molar-refractivity contribution in [2.75, 3.05) is 26.3 Å². The summed E-state index contributed by atoms with van der Waals surface area (Å²) in [5.74, 6) is -0.627. The molecular weight excluding hydrogens is 411 g/mol. The van der Waals surface area contributed by atoms with Crippen LogP contribution in [0.15, 0.2) is 41.4 Å². The van der Waals surface area contributed by atoms with Crippen LogP contribution in [-0.4, -0.2) is 49.9 Å². The minimum atomic E-state index is -4.48. The molecule has 1 atom stereocenters. The number of alkyl halides is 3. The number of carbonyl (C=O) groups excluding carboxylic acids is 1. The van der Waals surface area contributed by atoms with Gasteiger partial charge in [-0.15, -0.1) is 0 Å². The number of carbonyl (C=O) groups is 1. The maximum Gasteiger partial charge on any atom is 0.416 e. The van der Waals surface area contributed by atoms with Crippen molar-refractivity contribution >= 4 is 15.9 Å². The number of amides is 1. The lowest BCUT2D eigenvalue weighted by Crippen LogP contribution is -2.40. The molecule has 2 aromatic rings. The summed E-state index contributed by atoms with van der Waals surface area (Å²) < 4.78 is 70.2. The summed E-state index contributed by atoms with van der Waals surface area (Å²) >= 11 is 0. The third-order valence-electron chi connectivity index (χ3n) is 4.57. The SMILES string of the molecule is CC(NC(=O)c1cc(S(=O)(=O)N2CCOCC2)c[nH]1)c1cccc(C(F)(F)F)c1. The first-order valence-corrected chi connectivity index (χ1v) is 10.3. The van der Waals surface area contributed by atoms with E-state index in [0.29, 0.717) is 13.2 Å². The Morgan fingerprint density at radius 1 is 1.24 bits per heavy atom. The summed E-state index contributed by atoms with van der Waals surface area (Å²) in [5, 5.41) is 2.57. The molecule has 1 aromatic heterocycles. The van der Waals surface area contributed by atoms with Crippen LogP contribution in [0.1, 0.15) is 34.6 Å². The number of aromatic amines is 1. The lowest BCUT2D eigenvalue weighted by Gasteiger charge is -2.25. The van der Waals surface area contributed by atoms with Gasteiger partial charge in [0.1, 0.15) is 10.6 Å². The number of nitrogens with zero attached hydrogens (tertiary/aromatic N) is 1. The summed E-state index contributed by atoms with van der Waals surface area (Å²) in [6.07, 6.45) is -3.27. The Morgan fingerprint density at radius 3 is 2.59 bits per heavy atom. The number of morpholine rings is 1. The van der Waals surface area contributed by atoms with Gasteiger partial charge in [0.15, 0.2) is 0 Å². The van der Waals surface area contributed by atoms with E-state index in [4.69, 9.17) is 4.74 Å². The molecule has 1 saturated heterocycles. The van der Waals surface area contributed by atoms with Crippen LogP contribution in [0.2, 0.25) is 0 Å². The number of ether oxygens (including phenoxy) is 1. The maximum absolute atomic E-state index is 12.9. The second-order valence-electron chi connectivity index (χ2n) is 6.58. The van der Waals surface area contributed by atoms with Crippen LogP contribution in [0.25, 0.3) is 0 Å². The molecule has 11 heteroatoms. The van der Waals surface area contributed by atoms with Crippen LogP contribution in [0, 0.1) is 0 Å². The maximum atomic E-state index is 12.9. The predicted octanol–water partition coefficient (Wildman–Crippen LogP) is 2.55. The van der Waals surface area contributed by atoms with Gasteiger partial charge in [-0.1, -0.05) is 12.1 Å². The largest absolute Gasteiger partial charge is 0.416 e. The molecule has 1 fully saturated rings. The summed E-state index contributed by atoms with van der Waals surface area (Å²) in [6, 6.07) is 5.15. The molecule has 2 N–H and O–H groups in total. The topological polar surface area (TPSA) is 91.5 Å². The molecule has 2 heterocycles. The van der Waals surface area contributed by atoms with Crippen molar-refractivity contribution in [3.63, 3.8) is 0 Å². The number of halogens is 3. The molecule has 7 nitrogen and oxygen atoms in total. The van der Waals surface area contributed by atoms with Crippen molar-refractivity contribution in [3.05, 3.63) is 53.3 Å². The zero-order valence-electron chi connectivity index (χ0n) is 15.5. The Bertz CT molecular complexity index is 982. The van der Waals surface area contributed by atoms with Crippen LogP contribution in [-0.2, 0) is 20.9 Å². The average molecular weight is 431 g/mol. The summed E-state index contributed by atoms with van der Waals surface area (Å²) in [6.45, 7) is 2.59. The molecule has 158 valence electrons. The van der Waals surface area contributed by atoms with Crippen molar-refractivity contribution in [3.8, 4) is 0 Å². The molecule has 1 amide bonds. The monoisotopic (exact) mass is 431 g/mol. The summed E-state index contributed by atoms with van der Waals surface area (Å²) in [7, 11) is -3.76. The third-order valence-corrected chi connectivity index (χ3v) is 6.45. The average Bonchev–Trinajstić information content (AvgIpc) is 3.19. The van der Waals surface area contributed by atoms with E-state index in [2.05, 4.69) is 10.3 Å². The fraction of sp³-hybridized carbons (Fsp3) is 0.389. The van der Waals surface area contributed by atoms with Gasteiger partial charge in [0, 0.05) is 19.3 Å². The van der Waals surface area contributed by atoms with Crippen LogP contribution >= 0.6 is 0 Å². The van der Waals surface area contributed by atoms with Gasteiger partial charge in [-0.05, 0) is 30.7 Å². The van der Waals surface area contributed by atoms with E-state index in [1.165, 1.54) is 28.7 Å². The van der Waals surface area contributed by atoms with Crippen molar-refractivity contribution in [2.45, 2.75) is 24.0 Å². The van der Waals surface area contributed by atoms with Gasteiger partial charge < -0.3 is 15.0 Å². The predicted molar refractivity (Wildman–Crippen MR) is 97.7 cm³/mol. The molecule has 0 radical (unpaired) electrons. The normalized spacial score (nSPS) is 17.1. The molecule has 1 unspecified atom stereocenters. The molecule has 0 aliphatic carbocycles. The Morgan fingerprint density at radius 2 is 1.93 bits per heavy atom. The molecule has 0 bridgehead atoms. The van der Waals surface area contributed by atoms with E-state index >= 15 is 0 Å². The van der Waals surface area contributed by atoms with Gasteiger partial charge in [0.25, 0.3) is 5.91 Å². The van der Waals surface area contributed by atoms with Gasteiger partial charge in [0.05, 0.1) is 24.8 Å². The molecular formula is C18H20F3N3O4S. The Balaban J connectivity index is 1.72. The van der Waals surface area contributed by atoms with Crippen molar-refractivity contribution in [2.24, 2.45) is 0 Å². The van der Waals surface area contributed by atoms with E-state index in [9.17, 15) is 26.4 Å². The Kier molecular flexibility index (Phi) is 6.01. The highest BCUT2D eigenvalue weighted by atomic mass is 32.2. The first kappa shape index (κ1) is 21.3. The lowest BCUT2D eigenvalue weighted by atomic mass is 10.0. The van der Waals surface area contributed by atoms with E-state index in [0.717, 1.165) is 12.1 Å². The zero-order valence-corrected chi connectivity index (χ0v) is 16.3. The number of aromatic nitrogens is 1. The van der Waals surface area contributed by atoms with Gasteiger partial charge in [-0.2, -0.15) is 17.5 Å². The minimum Gasteiger partial charge on any atom is -0.379 e. The van der Waals surface area contributed by atoms with Gasteiger partial charge >= 0.3 is 6.18 Å². The molecule has 29 heavy (non-hydrogen) atoms. The number of hydrogen-bond donors (Lipinski definition) is 2. The Hall–Kier alpha value is -2.37. The number of H-pyrrole nitrogens is 1. The number of nitrogens with one attached hydrogen (secondary N) is 2. The van der Waals surface area contributed by atoms with E-state index < -0.39 is 33.7 Å². The summed E-state index contributed by atoms with van der Waals surface area (Å²) in [4.78, 5) is 15.0. The first-order chi connectivity index (χ1) is 13.6. The summed E-state index contributed by atoms with van der Waals surface area (Å²) in [5.41, 5.74) is -0.536. The highest BCUT2D eigenvalue weighted by Crippen LogP contribution is 2.30. The van der Waals surface area contributed by atoms with E-state index in [1.54, 1.807) is 6.92 Å². The highest BCUT2D eigenvalue weighted by Gasteiger charge is 2.31. The highest BCUT2D eigenvalue weighted by molar-refractivity contribution is 7.89. The van der Waals surface area contributed by atoms with Crippen molar-refractivity contribution < 1.29 is 31.1 Å². The standard InChI is InChI=1S/C18H20F3N3O4S/c1-12(13-3-2-4-14(9-13)18(19,20)21)23-17(25)16-10-15(11-22-16)29(26,27)24-5-7-28-8-6-24/h2-4,9-12,22H,5-8H2,1H3,(H,23,25). The zero-order chi connectivity index (χ0) is 21.2. The smallest absolute Gasteiger partial charge is 0.379 e. The fourth-order valence-corrected chi connectivity index (χ4v) is 4.34. The van der Waals surface area contributed by atoms with Crippen LogP contribution in [0.5, 0.6) is 0 Å². The molecule has 0 spiro atoms. The third kappa shape index (κ3) is 4.80.